The molecule has 122 valence electrons. The molecule has 0 spiro atoms. The van der Waals surface area contributed by atoms with E-state index >= 15 is 0 Å². The third kappa shape index (κ3) is 3.98. The summed E-state index contributed by atoms with van der Waals surface area (Å²) in [7, 11) is 0. The molecule has 1 aliphatic rings. The summed E-state index contributed by atoms with van der Waals surface area (Å²) in [6.45, 7) is 16.0. The summed E-state index contributed by atoms with van der Waals surface area (Å²) >= 11 is 0. The first kappa shape index (κ1) is 17.2. The van der Waals surface area contributed by atoms with Crippen LogP contribution in [0.2, 0.25) is 0 Å². The molecule has 1 fully saturated rings. The average Bonchev–Trinajstić information content (AvgIpc) is 2.44. The molecule has 1 saturated heterocycles. The Hall–Kier alpha value is -1.15. The number of nitrogens with zero attached hydrogens (tertiary/aromatic N) is 1. The molecule has 0 N–H and O–H groups in total. The molecule has 1 heterocycles. The second-order valence-electron chi connectivity index (χ2n) is 8.20. The predicted molar refractivity (Wildman–Crippen MR) is 93.3 cm³/mol. The van der Waals surface area contributed by atoms with Gasteiger partial charge in [0.1, 0.15) is 5.78 Å². The zero-order valence-electron chi connectivity index (χ0n) is 15.0. The van der Waals surface area contributed by atoms with E-state index in [2.05, 4.69) is 70.7 Å². The fourth-order valence-corrected chi connectivity index (χ4v) is 3.47. The third-order valence-corrected chi connectivity index (χ3v) is 4.91. The summed E-state index contributed by atoms with van der Waals surface area (Å²) in [6.07, 6.45) is 0. The summed E-state index contributed by atoms with van der Waals surface area (Å²) in [6, 6.07) is 9.06. The Balaban J connectivity index is 2.00. The molecule has 2 rings (SSSR count). The van der Waals surface area contributed by atoms with E-state index in [9.17, 15) is 4.79 Å². The van der Waals surface area contributed by atoms with Crippen LogP contribution in [0.5, 0.6) is 0 Å². The number of likely N-dealkylation sites (tertiary alicyclic amines) is 1. The predicted octanol–water partition coefficient (Wildman–Crippen LogP) is 4.24. The number of benzene rings is 1. The number of rotatable bonds is 3. The molecule has 0 bridgehead atoms. The van der Waals surface area contributed by atoms with E-state index < -0.39 is 0 Å². The Kier molecular flexibility index (Phi) is 5.11. The average molecular weight is 301 g/mol. The van der Waals surface area contributed by atoms with Gasteiger partial charge in [0.05, 0.1) is 0 Å². The number of carbonyl (C=O) groups is 1. The van der Waals surface area contributed by atoms with Crippen LogP contribution in [-0.4, -0.2) is 30.3 Å². The molecule has 3 unspecified atom stereocenters. The fourth-order valence-electron chi connectivity index (χ4n) is 3.47. The van der Waals surface area contributed by atoms with E-state index in [4.69, 9.17) is 0 Å². The van der Waals surface area contributed by atoms with Crippen LogP contribution in [0.25, 0.3) is 0 Å². The van der Waals surface area contributed by atoms with Crippen LogP contribution in [0.4, 0.5) is 0 Å². The molecule has 2 nitrogen and oxygen atoms in total. The van der Waals surface area contributed by atoms with E-state index in [1.807, 2.05) is 0 Å². The van der Waals surface area contributed by atoms with Gasteiger partial charge < -0.3 is 4.90 Å². The van der Waals surface area contributed by atoms with E-state index in [0.717, 1.165) is 19.6 Å². The monoisotopic (exact) mass is 301 g/mol. The highest BCUT2D eigenvalue weighted by Gasteiger charge is 2.30. The summed E-state index contributed by atoms with van der Waals surface area (Å²) in [4.78, 5) is 14.4. The molecule has 0 radical (unpaired) electrons. The topological polar surface area (TPSA) is 20.3 Å². The molecule has 3 atom stereocenters. The van der Waals surface area contributed by atoms with Crippen molar-refractivity contribution < 1.29 is 4.79 Å². The van der Waals surface area contributed by atoms with Crippen molar-refractivity contribution >= 4 is 5.78 Å². The lowest BCUT2D eigenvalue weighted by atomic mass is 9.85. The van der Waals surface area contributed by atoms with Crippen LogP contribution in [0, 0.1) is 11.8 Å². The highest BCUT2D eigenvalue weighted by Crippen LogP contribution is 2.26. The van der Waals surface area contributed by atoms with E-state index in [-0.39, 0.29) is 17.3 Å². The van der Waals surface area contributed by atoms with E-state index in [0.29, 0.717) is 11.7 Å². The summed E-state index contributed by atoms with van der Waals surface area (Å²) in [5.41, 5.74) is 2.99. The Morgan fingerprint density at radius 1 is 1.09 bits per heavy atom. The lowest BCUT2D eigenvalue weighted by Gasteiger charge is -2.35. The van der Waals surface area contributed by atoms with Crippen LogP contribution in [0.3, 0.4) is 0 Å². The Labute approximate surface area is 135 Å². The first-order chi connectivity index (χ1) is 10.2. The first-order valence-electron chi connectivity index (χ1n) is 8.55. The van der Waals surface area contributed by atoms with Gasteiger partial charge in [0.25, 0.3) is 0 Å². The first-order valence-corrected chi connectivity index (χ1v) is 8.55. The highest BCUT2D eigenvalue weighted by molar-refractivity contribution is 5.83. The van der Waals surface area contributed by atoms with Gasteiger partial charge in [0.15, 0.2) is 0 Å². The van der Waals surface area contributed by atoms with Crippen LogP contribution in [0.15, 0.2) is 24.3 Å². The van der Waals surface area contributed by atoms with Crippen molar-refractivity contribution in [2.75, 3.05) is 19.6 Å². The Morgan fingerprint density at radius 2 is 1.59 bits per heavy atom. The SMILES string of the molecule is CC1CN(CC(C)c2ccc(C(C)(C)C)cc2)CC(C)C1=O. The normalized spacial score (nSPS) is 25.3. The molecule has 0 amide bonds. The Bertz CT molecular complexity index is 498. The van der Waals surface area contributed by atoms with E-state index in [1.54, 1.807) is 0 Å². The van der Waals surface area contributed by atoms with E-state index in [1.165, 1.54) is 11.1 Å². The molecule has 1 aromatic carbocycles. The highest BCUT2D eigenvalue weighted by atomic mass is 16.1. The van der Waals surface area contributed by atoms with Gasteiger partial charge >= 0.3 is 0 Å². The van der Waals surface area contributed by atoms with Crippen LogP contribution in [-0.2, 0) is 10.2 Å². The van der Waals surface area contributed by atoms with Gasteiger partial charge in [-0.3, -0.25) is 4.79 Å². The number of ketones is 1. The zero-order chi connectivity index (χ0) is 16.5. The molecule has 1 aliphatic heterocycles. The molecule has 1 aromatic rings. The van der Waals surface area contributed by atoms with Crippen LogP contribution >= 0.6 is 0 Å². The summed E-state index contributed by atoms with van der Waals surface area (Å²) in [5.74, 6) is 1.29. The third-order valence-electron chi connectivity index (χ3n) is 4.91. The lowest BCUT2D eigenvalue weighted by Crippen LogP contribution is -2.45. The number of hydrogen-bond acceptors (Lipinski definition) is 2. The molecule has 22 heavy (non-hydrogen) atoms. The second-order valence-corrected chi connectivity index (χ2v) is 8.20. The molecule has 0 aliphatic carbocycles. The Morgan fingerprint density at radius 3 is 2.05 bits per heavy atom. The number of Topliss-reactive ketones (excluding diaryl/α,β-unsaturated/α-hetero) is 1. The molecule has 2 heteroatoms. The smallest absolute Gasteiger partial charge is 0.141 e. The van der Waals surface area contributed by atoms with Crippen molar-refractivity contribution in [2.24, 2.45) is 11.8 Å². The number of carbonyl (C=O) groups excluding carboxylic acids is 1. The largest absolute Gasteiger partial charge is 0.301 e. The maximum Gasteiger partial charge on any atom is 0.141 e. The molecular weight excluding hydrogens is 270 g/mol. The van der Waals surface area contributed by atoms with Gasteiger partial charge in [-0.15, -0.1) is 0 Å². The summed E-state index contributed by atoms with van der Waals surface area (Å²) in [5, 5.41) is 0. The van der Waals surface area contributed by atoms with Gasteiger partial charge in [-0.05, 0) is 22.5 Å². The molecule has 0 saturated carbocycles. The van der Waals surface area contributed by atoms with Crippen molar-refractivity contribution in [3.8, 4) is 0 Å². The van der Waals surface area contributed by atoms with Gasteiger partial charge in [-0.25, -0.2) is 0 Å². The number of hydrogen-bond donors (Lipinski definition) is 0. The zero-order valence-corrected chi connectivity index (χ0v) is 15.0. The van der Waals surface area contributed by atoms with Gasteiger partial charge in [-0.1, -0.05) is 65.8 Å². The van der Waals surface area contributed by atoms with Crippen molar-refractivity contribution in [1.82, 2.24) is 4.90 Å². The van der Waals surface area contributed by atoms with Crippen molar-refractivity contribution in [3.63, 3.8) is 0 Å². The maximum absolute atomic E-state index is 11.9. The lowest BCUT2D eigenvalue weighted by molar-refractivity contribution is -0.130. The van der Waals surface area contributed by atoms with Crippen molar-refractivity contribution in [1.29, 1.82) is 0 Å². The summed E-state index contributed by atoms with van der Waals surface area (Å²) < 4.78 is 0. The standard InChI is InChI=1S/C20H31NO/c1-14(11-21-12-15(2)19(22)16(3)13-21)17-7-9-18(10-8-17)20(4,5)6/h7-10,14-16H,11-13H2,1-6H3. The minimum absolute atomic E-state index is 0.180. The minimum atomic E-state index is 0.180. The molecule has 0 aromatic heterocycles. The number of piperidine rings is 1. The minimum Gasteiger partial charge on any atom is -0.301 e. The van der Waals surface area contributed by atoms with Gasteiger partial charge in [0.2, 0.25) is 0 Å². The maximum atomic E-state index is 11.9. The van der Waals surface area contributed by atoms with Crippen LogP contribution < -0.4 is 0 Å². The van der Waals surface area contributed by atoms with Gasteiger partial charge in [-0.2, -0.15) is 0 Å². The van der Waals surface area contributed by atoms with Gasteiger partial charge in [0, 0.05) is 31.5 Å². The van der Waals surface area contributed by atoms with Crippen molar-refractivity contribution in [3.05, 3.63) is 35.4 Å². The fraction of sp³-hybridized carbons (Fsp3) is 0.650. The quantitative estimate of drug-likeness (QED) is 0.832. The molecular formula is C20H31NO. The van der Waals surface area contributed by atoms with Crippen molar-refractivity contribution in [2.45, 2.75) is 52.9 Å². The van der Waals surface area contributed by atoms with Crippen LogP contribution in [0.1, 0.15) is 58.6 Å². The second kappa shape index (κ2) is 6.54.